The Hall–Kier alpha value is -2.74. The van der Waals surface area contributed by atoms with Gasteiger partial charge in [0.25, 0.3) is 0 Å². The molecule has 1 aliphatic heterocycles. The molecular weight excluding hydrogens is 524 g/mol. The summed E-state index contributed by atoms with van der Waals surface area (Å²) in [6.45, 7) is 4.98. The molecule has 0 bridgehead atoms. The van der Waals surface area contributed by atoms with Crippen molar-refractivity contribution in [2.75, 3.05) is 31.9 Å². The fourth-order valence-electron chi connectivity index (χ4n) is 3.86. The molecule has 1 N–H and O–H groups in total. The van der Waals surface area contributed by atoms with Gasteiger partial charge in [0, 0.05) is 22.4 Å². The van der Waals surface area contributed by atoms with Gasteiger partial charge in [-0.1, -0.05) is 11.8 Å². The molecule has 0 aliphatic carbocycles. The van der Waals surface area contributed by atoms with Crippen molar-refractivity contribution in [3.63, 3.8) is 0 Å². The first kappa shape index (κ1) is 26.3. The molecule has 192 valence electrons. The van der Waals surface area contributed by atoms with E-state index in [1.807, 2.05) is 16.9 Å². The predicted octanol–water partition coefficient (Wildman–Crippen LogP) is 4.17. The predicted molar refractivity (Wildman–Crippen MR) is 138 cm³/mol. The van der Waals surface area contributed by atoms with E-state index in [9.17, 15) is 14.4 Å². The molecule has 13 heteroatoms. The monoisotopic (exact) mass is 550 g/mol. The number of aromatic nitrogens is 3. The summed E-state index contributed by atoms with van der Waals surface area (Å²) in [5.41, 5.74) is 1.51. The van der Waals surface area contributed by atoms with E-state index < -0.39 is 11.9 Å². The van der Waals surface area contributed by atoms with E-state index in [-0.39, 0.29) is 33.2 Å². The molecule has 3 aromatic heterocycles. The van der Waals surface area contributed by atoms with Crippen molar-refractivity contribution in [1.29, 1.82) is 0 Å². The number of thiophene rings is 2. The Morgan fingerprint density at radius 2 is 2.00 bits per heavy atom. The van der Waals surface area contributed by atoms with Crippen LogP contribution in [0.2, 0.25) is 0 Å². The van der Waals surface area contributed by atoms with Crippen molar-refractivity contribution in [3.05, 3.63) is 32.3 Å². The smallest absolute Gasteiger partial charge is 0.348 e. The number of carbonyl (C=O) groups excluding carboxylic acids is 3. The lowest BCUT2D eigenvalue weighted by atomic mass is 10.1. The summed E-state index contributed by atoms with van der Waals surface area (Å²) in [4.78, 5) is 38.7. The van der Waals surface area contributed by atoms with Gasteiger partial charge < -0.3 is 19.5 Å². The number of anilines is 1. The van der Waals surface area contributed by atoms with E-state index in [2.05, 4.69) is 21.6 Å². The van der Waals surface area contributed by atoms with Gasteiger partial charge in [0.05, 0.1) is 38.2 Å². The van der Waals surface area contributed by atoms with Crippen LogP contribution in [-0.4, -0.2) is 65.3 Å². The molecule has 1 amide bonds. The first-order chi connectivity index (χ1) is 17.3. The van der Waals surface area contributed by atoms with E-state index in [4.69, 9.17) is 14.2 Å². The summed E-state index contributed by atoms with van der Waals surface area (Å²) in [6, 6.07) is 2.06. The van der Waals surface area contributed by atoms with E-state index in [0.29, 0.717) is 17.3 Å². The Balaban J connectivity index is 1.52. The van der Waals surface area contributed by atoms with Crippen LogP contribution >= 0.6 is 34.4 Å². The largest absolute Gasteiger partial charge is 0.465 e. The van der Waals surface area contributed by atoms with Gasteiger partial charge in [-0.25, -0.2) is 9.59 Å². The van der Waals surface area contributed by atoms with Crippen molar-refractivity contribution in [1.82, 2.24) is 14.8 Å². The van der Waals surface area contributed by atoms with Crippen molar-refractivity contribution in [2.45, 2.75) is 44.5 Å². The number of esters is 2. The third kappa shape index (κ3) is 5.64. The summed E-state index contributed by atoms with van der Waals surface area (Å²) >= 11 is 3.86. The zero-order chi connectivity index (χ0) is 25.8. The van der Waals surface area contributed by atoms with Gasteiger partial charge in [-0.05, 0) is 38.3 Å². The molecule has 1 atom stereocenters. The second-order valence-corrected chi connectivity index (χ2v) is 11.2. The fraction of sp³-hybridized carbons (Fsp3) is 0.435. The molecular formula is C23H26N4O6S3. The molecule has 1 fully saturated rings. The molecule has 10 nitrogen and oxygen atoms in total. The highest BCUT2D eigenvalue weighted by Crippen LogP contribution is 2.35. The Labute approximate surface area is 220 Å². The lowest BCUT2D eigenvalue weighted by Gasteiger charge is -2.14. The van der Waals surface area contributed by atoms with Crippen LogP contribution in [0.4, 0.5) is 5.00 Å². The van der Waals surface area contributed by atoms with Crippen molar-refractivity contribution in [2.24, 2.45) is 0 Å². The van der Waals surface area contributed by atoms with Crippen LogP contribution in [0.1, 0.15) is 43.3 Å². The van der Waals surface area contributed by atoms with Crippen molar-refractivity contribution >= 4 is 57.3 Å². The van der Waals surface area contributed by atoms with Crippen LogP contribution in [0.3, 0.4) is 0 Å². The van der Waals surface area contributed by atoms with Gasteiger partial charge in [0.1, 0.15) is 9.88 Å². The first-order valence-electron chi connectivity index (χ1n) is 11.1. The number of aryl methyl sites for hydroxylation is 1. The number of amides is 1. The Morgan fingerprint density at radius 3 is 2.64 bits per heavy atom. The minimum absolute atomic E-state index is 0.0252. The highest BCUT2D eigenvalue weighted by Gasteiger charge is 2.27. The molecule has 4 heterocycles. The quantitative estimate of drug-likeness (QED) is 0.309. The zero-order valence-corrected chi connectivity index (χ0v) is 22.7. The summed E-state index contributed by atoms with van der Waals surface area (Å²) in [5.74, 6) is -0.827. The van der Waals surface area contributed by atoms with Crippen LogP contribution in [-0.2, 0) is 25.5 Å². The molecule has 0 aromatic carbocycles. The molecule has 0 radical (unpaired) electrons. The van der Waals surface area contributed by atoms with Gasteiger partial charge in [-0.3, -0.25) is 9.36 Å². The van der Waals surface area contributed by atoms with Crippen LogP contribution < -0.4 is 5.32 Å². The highest BCUT2D eigenvalue weighted by molar-refractivity contribution is 7.99. The summed E-state index contributed by atoms with van der Waals surface area (Å²) < 4.78 is 17.5. The standard InChI is InChI=1S/C23H26N4O6S3/c1-12-8-14(10-34-12)19-25-26-23(27(19)9-15-6-5-7-33-15)35-11-16(28)24-20-17(21(29)31-3)13(2)18(36-20)22(30)32-4/h8,10,15H,5-7,9,11H2,1-4H3,(H,24,28). The minimum Gasteiger partial charge on any atom is -0.465 e. The number of nitrogens with zero attached hydrogens (tertiary/aromatic N) is 3. The topological polar surface area (TPSA) is 122 Å². The molecule has 1 saturated heterocycles. The average Bonchev–Trinajstić information content (AvgIpc) is 3.66. The Morgan fingerprint density at radius 1 is 1.22 bits per heavy atom. The Bertz CT molecular complexity index is 1270. The molecule has 0 spiro atoms. The summed E-state index contributed by atoms with van der Waals surface area (Å²) in [6.07, 6.45) is 2.05. The number of carbonyl (C=O) groups is 3. The SMILES string of the molecule is COC(=O)c1sc(NC(=O)CSc2nnc(-c3csc(C)c3)n2CC2CCCO2)c(C(=O)OC)c1C. The lowest BCUT2D eigenvalue weighted by Crippen LogP contribution is -2.18. The molecule has 3 aromatic rings. The van der Waals surface area contributed by atoms with Gasteiger partial charge in [-0.2, -0.15) is 0 Å². The highest BCUT2D eigenvalue weighted by atomic mass is 32.2. The number of thioether (sulfide) groups is 1. The number of ether oxygens (including phenoxy) is 3. The maximum Gasteiger partial charge on any atom is 0.348 e. The summed E-state index contributed by atoms with van der Waals surface area (Å²) in [7, 11) is 2.50. The third-order valence-electron chi connectivity index (χ3n) is 5.61. The maximum atomic E-state index is 12.9. The molecule has 4 rings (SSSR count). The van der Waals surface area contributed by atoms with E-state index >= 15 is 0 Å². The van der Waals surface area contributed by atoms with Crippen LogP contribution in [0.15, 0.2) is 16.6 Å². The number of rotatable bonds is 9. The third-order valence-corrected chi connectivity index (χ3v) is 8.62. The van der Waals surface area contributed by atoms with Crippen molar-refractivity contribution in [3.8, 4) is 11.4 Å². The van der Waals surface area contributed by atoms with Crippen LogP contribution in [0.25, 0.3) is 11.4 Å². The Kier molecular flexibility index (Phi) is 8.44. The maximum absolute atomic E-state index is 12.9. The number of hydrogen-bond acceptors (Lipinski definition) is 11. The van der Waals surface area contributed by atoms with E-state index in [1.54, 1.807) is 18.3 Å². The van der Waals surface area contributed by atoms with Gasteiger partial charge >= 0.3 is 11.9 Å². The second kappa shape index (κ2) is 11.5. The fourth-order valence-corrected chi connectivity index (χ4v) is 6.41. The second-order valence-electron chi connectivity index (χ2n) is 8.08. The molecule has 1 aliphatic rings. The van der Waals surface area contributed by atoms with Crippen molar-refractivity contribution < 1.29 is 28.6 Å². The number of hydrogen-bond donors (Lipinski definition) is 1. The van der Waals surface area contributed by atoms with Crippen LogP contribution in [0.5, 0.6) is 0 Å². The number of nitrogens with one attached hydrogen (secondary N) is 1. The van der Waals surface area contributed by atoms with Gasteiger partial charge in [-0.15, -0.1) is 32.9 Å². The number of methoxy groups -OCH3 is 2. The summed E-state index contributed by atoms with van der Waals surface area (Å²) in [5, 5.41) is 14.4. The van der Waals surface area contributed by atoms with Gasteiger partial charge in [0.15, 0.2) is 11.0 Å². The van der Waals surface area contributed by atoms with E-state index in [0.717, 1.165) is 42.2 Å². The molecule has 0 saturated carbocycles. The zero-order valence-electron chi connectivity index (χ0n) is 20.3. The lowest BCUT2D eigenvalue weighted by molar-refractivity contribution is -0.113. The first-order valence-corrected chi connectivity index (χ1v) is 13.8. The molecule has 36 heavy (non-hydrogen) atoms. The average molecular weight is 551 g/mol. The van der Waals surface area contributed by atoms with Gasteiger partial charge in [0.2, 0.25) is 5.91 Å². The normalized spacial score (nSPS) is 15.2. The molecule has 1 unspecified atom stereocenters. The van der Waals surface area contributed by atoms with E-state index in [1.165, 1.54) is 30.9 Å². The van der Waals surface area contributed by atoms with Crippen LogP contribution in [0, 0.1) is 13.8 Å². The minimum atomic E-state index is -0.645.